The molecule has 17 heavy (non-hydrogen) atoms. The first-order chi connectivity index (χ1) is 8.00. The van der Waals surface area contributed by atoms with E-state index >= 15 is 0 Å². The summed E-state index contributed by atoms with van der Waals surface area (Å²) in [6, 6.07) is 0.687. The Bertz CT molecular complexity index is 244. The van der Waals surface area contributed by atoms with Crippen molar-refractivity contribution < 1.29 is 14.3 Å². The minimum Gasteiger partial charge on any atom is -0.379 e. The number of likely N-dealkylation sites (N-methyl/N-ethyl adjacent to an activating group) is 1. The predicted molar refractivity (Wildman–Crippen MR) is 65.9 cm³/mol. The molecule has 1 rings (SSSR count). The lowest BCUT2D eigenvalue weighted by Crippen LogP contribution is -2.50. The molecule has 1 saturated heterocycles. The van der Waals surface area contributed by atoms with E-state index in [0.717, 1.165) is 13.0 Å². The summed E-state index contributed by atoms with van der Waals surface area (Å²) in [5, 5.41) is 3.45. The van der Waals surface area contributed by atoms with Crippen LogP contribution in [0, 0.1) is 0 Å². The van der Waals surface area contributed by atoms with Crippen molar-refractivity contribution in [3.05, 3.63) is 0 Å². The highest BCUT2D eigenvalue weighted by Crippen LogP contribution is 2.12. The molecule has 0 aromatic carbocycles. The third kappa shape index (κ3) is 5.02. The zero-order valence-electron chi connectivity index (χ0n) is 11.2. The molecule has 100 valence electrons. The monoisotopic (exact) mass is 244 g/mol. The molecule has 1 fully saturated rings. The average molecular weight is 244 g/mol. The number of nitrogens with one attached hydrogen (secondary N) is 1. The number of hydrogen-bond acceptors (Lipinski definition) is 4. The van der Waals surface area contributed by atoms with Crippen molar-refractivity contribution in [1.29, 1.82) is 0 Å². The van der Waals surface area contributed by atoms with Crippen LogP contribution in [0.15, 0.2) is 0 Å². The molecule has 0 aromatic rings. The van der Waals surface area contributed by atoms with Crippen LogP contribution < -0.4 is 5.32 Å². The quantitative estimate of drug-likeness (QED) is 0.753. The summed E-state index contributed by atoms with van der Waals surface area (Å²) in [6.45, 7) is 5.66. The van der Waals surface area contributed by atoms with Crippen molar-refractivity contribution in [1.82, 2.24) is 10.2 Å². The first kappa shape index (κ1) is 14.4. The van der Waals surface area contributed by atoms with Gasteiger partial charge in [0.25, 0.3) is 0 Å². The Hall–Kier alpha value is -0.650. The van der Waals surface area contributed by atoms with Crippen molar-refractivity contribution in [3.8, 4) is 0 Å². The number of amides is 1. The largest absolute Gasteiger partial charge is 0.379 e. The highest BCUT2D eigenvalue weighted by atomic mass is 16.5. The number of carbonyl (C=O) groups excluding carboxylic acids is 1. The SMILES string of the molecule is CC(C)N[C@@H]1CCOC[C@H]1OCC(=O)N(C)C. The summed E-state index contributed by atoms with van der Waals surface area (Å²) >= 11 is 0. The number of nitrogens with zero attached hydrogens (tertiary/aromatic N) is 1. The van der Waals surface area contributed by atoms with Crippen molar-refractivity contribution >= 4 is 5.91 Å². The van der Waals surface area contributed by atoms with E-state index in [0.29, 0.717) is 12.6 Å². The Morgan fingerprint density at radius 1 is 1.53 bits per heavy atom. The second-order valence-electron chi connectivity index (χ2n) is 4.93. The normalized spacial score (nSPS) is 25.0. The van der Waals surface area contributed by atoms with Crippen LogP contribution in [0.5, 0.6) is 0 Å². The fourth-order valence-corrected chi connectivity index (χ4v) is 1.80. The van der Waals surface area contributed by atoms with Crippen LogP contribution in [0.3, 0.4) is 0 Å². The molecule has 0 unspecified atom stereocenters. The van der Waals surface area contributed by atoms with Gasteiger partial charge in [-0.3, -0.25) is 4.79 Å². The molecule has 0 bridgehead atoms. The summed E-state index contributed by atoms with van der Waals surface area (Å²) < 4.78 is 11.0. The second-order valence-corrected chi connectivity index (χ2v) is 4.93. The summed E-state index contributed by atoms with van der Waals surface area (Å²) in [5.41, 5.74) is 0. The van der Waals surface area contributed by atoms with Crippen LogP contribution >= 0.6 is 0 Å². The third-order valence-electron chi connectivity index (χ3n) is 2.77. The van der Waals surface area contributed by atoms with Gasteiger partial charge in [0.2, 0.25) is 5.91 Å². The Labute approximate surface area is 103 Å². The van der Waals surface area contributed by atoms with Crippen LogP contribution in [0.1, 0.15) is 20.3 Å². The molecule has 5 heteroatoms. The van der Waals surface area contributed by atoms with E-state index in [1.807, 2.05) is 0 Å². The molecule has 5 nitrogen and oxygen atoms in total. The fourth-order valence-electron chi connectivity index (χ4n) is 1.80. The molecule has 1 amide bonds. The van der Waals surface area contributed by atoms with Gasteiger partial charge in [-0.1, -0.05) is 13.8 Å². The van der Waals surface area contributed by atoms with E-state index in [2.05, 4.69) is 19.2 Å². The van der Waals surface area contributed by atoms with Crippen LogP contribution in [0.4, 0.5) is 0 Å². The van der Waals surface area contributed by atoms with Gasteiger partial charge in [0, 0.05) is 32.8 Å². The van der Waals surface area contributed by atoms with E-state index in [-0.39, 0.29) is 24.7 Å². The van der Waals surface area contributed by atoms with Crippen molar-refractivity contribution in [2.45, 2.75) is 38.5 Å². The van der Waals surface area contributed by atoms with E-state index in [9.17, 15) is 4.79 Å². The predicted octanol–water partition coefficient (Wildman–Crippen LogP) is 0.247. The van der Waals surface area contributed by atoms with Gasteiger partial charge in [0.15, 0.2) is 0 Å². The molecule has 1 heterocycles. The molecule has 0 spiro atoms. The zero-order valence-corrected chi connectivity index (χ0v) is 11.2. The van der Waals surface area contributed by atoms with Gasteiger partial charge in [-0.15, -0.1) is 0 Å². The van der Waals surface area contributed by atoms with Gasteiger partial charge in [-0.25, -0.2) is 0 Å². The third-order valence-corrected chi connectivity index (χ3v) is 2.77. The molecule has 1 N–H and O–H groups in total. The molecule has 2 atom stereocenters. The summed E-state index contributed by atoms with van der Waals surface area (Å²) in [6.07, 6.45) is 0.897. The van der Waals surface area contributed by atoms with Crippen LogP contribution in [0.25, 0.3) is 0 Å². The molecule has 0 radical (unpaired) electrons. The van der Waals surface area contributed by atoms with Gasteiger partial charge in [0.05, 0.1) is 12.7 Å². The van der Waals surface area contributed by atoms with Crippen LogP contribution in [-0.4, -0.2) is 62.9 Å². The van der Waals surface area contributed by atoms with E-state index in [1.165, 1.54) is 4.90 Å². The smallest absolute Gasteiger partial charge is 0.248 e. The van der Waals surface area contributed by atoms with Gasteiger partial charge in [-0.2, -0.15) is 0 Å². The lowest BCUT2D eigenvalue weighted by Gasteiger charge is -2.33. The molecule has 0 aliphatic carbocycles. The van der Waals surface area contributed by atoms with Crippen LogP contribution in [0.2, 0.25) is 0 Å². The minimum absolute atomic E-state index is 0.0149. The Morgan fingerprint density at radius 2 is 2.24 bits per heavy atom. The van der Waals surface area contributed by atoms with Crippen molar-refractivity contribution in [2.24, 2.45) is 0 Å². The maximum atomic E-state index is 11.5. The van der Waals surface area contributed by atoms with Gasteiger partial charge >= 0.3 is 0 Å². The van der Waals surface area contributed by atoms with Crippen molar-refractivity contribution in [3.63, 3.8) is 0 Å². The topological polar surface area (TPSA) is 50.8 Å². The molecule has 0 saturated carbocycles. The lowest BCUT2D eigenvalue weighted by molar-refractivity contribution is -0.140. The van der Waals surface area contributed by atoms with Gasteiger partial charge in [-0.05, 0) is 6.42 Å². The lowest BCUT2D eigenvalue weighted by atomic mass is 10.1. The summed E-state index contributed by atoms with van der Waals surface area (Å²) in [5.74, 6) is -0.0149. The fraction of sp³-hybridized carbons (Fsp3) is 0.917. The van der Waals surface area contributed by atoms with Gasteiger partial charge in [0.1, 0.15) is 6.61 Å². The Kier molecular flexibility index (Phi) is 5.88. The maximum absolute atomic E-state index is 11.5. The number of hydrogen-bond donors (Lipinski definition) is 1. The molecule has 1 aliphatic heterocycles. The summed E-state index contributed by atoms with van der Waals surface area (Å²) in [7, 11) is 3.46. The average Bonchev–Trinajstić information content (AvgIpc) is 2.26. The Morgan fingerprint density at radius 3 is 2.82 bits per heavy atom. The number of carbonyl (C=O) groups is 1. The standard InChI is InChI=1S/C12H24N2O3/c1-9(2)13-10-5-6-16-7-11(10)17-8-12(15)14(3)4/h9-11,13H,5-8H2,1-4H3/t10-,11-/m1/s1. The van der Waals surface area contributed by atoms with E-state index < -0.39 is 0 Å². The maximum Gasteiger partial charge on any atom is 0.248 e. The number of ether oxygens (including phenoxy) is 2. The Balaban J connectivity index is 2.40. The van der Waals surface area contributed by atoms with E-state index in [1.54, 1.807) is 14.1 Å². The number of rotatable bonds is 5. The summed E-state index contributed by atoms with van der Waals surface area (Å²) in [4.78, 5) is 13.0. The minimum atomic E-state index is -0.0324. The molecule has 0 aromatic heterocycles. The molecule has 1 aliphatic rings. The highest BCUT2D eigenvalue weighted by Gasteiger charge is 2.27. The first-order valence-corrected chi connectivity index (χ1v) is 6.16. The first-order valence-electron chi connectivity index (χ1n) is 6.16. The van der Waals surface area contributed by atoms with E-state index in [4.69, 9.17) is 9.47 Å². The molecular weight excluding hydrogens is 220 g/mol. The van der Waals surface area contributed by atoms with Crippen molar-refractivity contribution in [2.75, 3.05) is 33.9 Å². The molecular formula is C12H24N2O3. The second kappa shape index (κ2) is 6.93. The highest BCUT2D eigenvalue weighted by molar-refractivity contribution is 5.76. The zero-order chi connectivity index (χ0) is 12.8. The van der Waals surface area contributed by atoms with Crippen LogP contribution in [-0.2, 0) is 14.3 Å². The van der Waals surface area contributed by atoms with Gasteiger partial charge < -0.3 is 19.7 Å².